The number of anilines is 1. The van der Waals surface area contributed by atoms with Gasteiger partial charge in [0, 0.05) is 10.7 Å². The Bertz CT molecular complexity index is 844. The highest BCUT2D eigenvalue weighted by Crippen LogP contribution is 2.27. The van der Waals surface area contributed by atoms with Crippen molar-refractivity contribution in [3.8, 4) is 5.75 Å². The number of benzene rings is 2. The number of halogens is 2. The average Bonchev–Trinajstić information content (AvgIpc) is 2.59. The van der Waals surface area contributed by atoms with Crippen LogP contribution in [0.5, 0.6) is 5.75 Å². The summed E-state index contributed by atoms with van der Waals surface area (Å²) in [5, 5.41) is 3.59. The van der Waals surface area contributed by atoms with Crippen LogP contribution in [0.4, 0.5) is 5.69 Å². The van der Waals surface area contributed by atoms with Gasteiger partial charge in [0.25, 0.3) is 5.91 Å². The Morgan fingerprint density at radius 1 is 1.11 bits per heavy atom. The number of hydrogen-bond acceptors (Lipinski definition) is 4. The molecule has 1 atom stereocenters. The van der Waals surface area contributed by atoms with Crippen LogP contribution in [0.1, 0.15) is 35.3 Å². The number of hydrogen-bond donors (Lipinski definition) is 1. The first-order valence-electron chi connectivity index (χ1n) is 8.43. The van der Waals surface area contributed by atoms with Crippen LogP contribution in [-0.4, -0.2) is 24.6 Å². The first-order chi connectivity index (χ1) is 12.7. The summed E-state index contributed by atoms with van der Waals surface area (Å²) in [6.45, 7) is 7.36. The van der Waals surface area contributed by atoms with Crippen LogP contribution in [0, 0.1) is 13.8 Å². The molecule has 0 radical (unpaired) electrons. The monoisotopic (exact) mass is 409 g/mol. The number of aryl methyl sites for hydroxylation is 2. The lowest BCUT2D eigenvalue weighted by Gasteiger charge is -2.16. The molecule has 27 heavy (non-hydrogen) atoms. The van der Waals surface area contributed by atoms with Crippen LogP contribution < -0.4 is 10.1 Å². The minimum Gasteiger partial charge on any atom is -0.481 e. The lowest BCUT2D eigenvalue weighted by Crippen LogP contribution is -2.30. The van der Waals surface area contributed by atoms with Crippen LogP contribution in [0.25, 0.3) is 0 Å². The van der Waals surface area contributed by atoms with Gasteiger partial charge in [-0.15, -0.1) is 0 Å². The Morgan fingerprint density at radius 3 is 2.30 bits per heavy atom. The SMILES string of the molecule is CCOC(=O)c1ccc(NC(=O)[C@@H](C)Oc2cc(C)c(Cl)c(C)c2)cc1Cl. The van der Waals surface area contributed by atoms with E-state index in [-0.39, 0.29) is 23.1 Å². The normalized spacial score (nSPS) is 11.6. The molecule has 144 valence electrons. The molecule has 0 aliphatic carbocycles. The van der Waals surface area contributed by atoms with Gasteiger partial charge in [-0.25, -0.2) is 4.79 Å². The van der Waals surface area contributed by atoms with Crippen molar-refractivity contribution < 1.29 is 19.1 Å². The van der Waals surface area contributed by atoms with E-state index in [2.05, 4.69) is 5.32 Å². The maximum Gasteiger partial charge on any atom is 0.339 e. The topological polar surface area (TPSA) is 64.6 Å². The zero-order chi connectivity index (χ0) is 20.1. The Labute approximate surface area is 168 Å². The number of carbonyl (C=O) groups excluding carboxylic acids is 2. The van der Waals surface area contributed by atoms with Crippen molar-refractivity contribution in [3.05, 3.63) is 57.1 Å². The molecule has 0 bridgehead atoms. The van der Waals surface area contributed by atoms with Crippen LogP contribution in [0.2, 0.25) is 10.0 Å². The van der Waals surface area contributed by atoms with Crippen molar-refractivity contribution in [3.63, 3.8) is 0 Å². The summed E-state index contributed by atoms with van der Waals surface area (Å²) < 4.78 is 10.6. The molecule has 0 unspecified atom stereocenters. The van der Waals surface area contributed by atoms with Gasteiger partial charge >= 0.3 is 5.97 Å². The summed E-state index contributed by atoms with van der Waals surface area (Å²) in [6.07, 6.45) is -0.742. The van der Waals surface area contributed by atoms with E-state index < -0.39 is 12.1 Å². The molecule has 7 heteroatoms. The predicted octanol–water partition coefficient (Wildman–Crippen LogP) is 5.19. The van der Waals surface area contributed by atoms with Gasteiger partial charge in [-0.05, 0) is 69.2 Å². The summed E-state index contributed by atoms with van der Waals surface area (Å²) in [4.78, 5) is 24.2. The Balaban J connectivity index is 2.06. The number of ether oxygens (including phenoxy) is 2. The highest BCUT2D eigenvalue weighted by molar-refractivity contribution is 6.34. The van der Waals surface area contributed by atoms with Crippen LogP contribution in [0.3, 0.4) is 0 Å². The van der Waals surface area contributed by atoms with Gasteiger partial charge in [-0.3, -0.25) is 4.79 Å². The number of carbonyl (C=O) groups is 2. The third-order valence-electron chi connectivity index (χ3n) is 3.82. The number of nitrogens with one attached hydrogen (secondary N) is 1. The predicted molar refractivity (Wildman–Crippen MR) is 107 cm³/mol. The third kappa shape index (κ3) is 5.37. The minimum atomic E-state index is -0.742. The quantitative estimate of drug-likeness (QED) is 0.666. The molecule has 0 heterocycles. The van der Waals surface area contributed by atoms with Gasteiger partial charge in [0.2, 0.25) is 0 Å². The van der Waals surface area contributed by atoms with Gasteiger partial charge in [0.05, 0.1) is 17.2 Å². The van der Waals surface area contributed by atoms with E-state index in [4.69, 9.17) is 32.7 Å². The third-order valence-corrected chi connectivity index (χ3v) is 4.73. The van der Waals surface area contributed by atoms with Crippen molar-refractivity contribution in [1.82, 2.24) is 0 Å². The second kappa shape index (κ2) is 9.11. The zero-order valence-electron chi connectivity index (χ0n) is 15.6. The molecule has 0 fully saturated rings. The van der Waals surface area contributed by atoms with Gasteiger partial charge < -0.3 is 14.8 Å². The molecule has 0 saturated heterocycles. The van der Waals surface area contributed by atoms with Crippen molar-refractivity contribution in [2.45, 2.75) is 33.8 Å². The smallest absolute Gasteiger partial charge is 0.339 e. The molecule has 2 aromatic rings. The van der Waals surface area contributed by atoms with E-state index in [1.165, 1.54) is 12.1 Å². The van der Waals surface area contributed by atoms with Gasteiger partial charge in [-0.2, -0.15) is 0 Å². The van der Waals surface area contributed by atoms with E-state index in [0.29, 0.717) is 16.5 Å². The van der Waals surface area contributed by atoms with Crippen LogP contribution in [0.15, 0.2) is 30.3 Å². The van der Waals surface area contributed by atoms with Gasteiger partial charge in [-0.1, -0.05) is 23.2 Å². The summed E-state index contributed by atoms with van der Waals surface area (Å²) in [7, 11) is 0. The summed E-state index contributed by atoms with van der Waals surface area (Å²) in [6, 6.07) is 8.15. The van der Waals surface area contributed by atoms with Crippen molar-refractivity contribution in [1.29, 1.82) is 0 Å². The van der Waals surface area contributed by atoms with Crippen molar-refractivity contribution in [2.24, 2.45) is 0 Å². The molecule has 5 nitrogen and oxygen atoms in total. The number of rotatable bonds is 6. The van der Waals surface area contributed by atoms with Crippen LogP contribution in [-0.2, 0) is 9.53 Å². The Kier molecular flexibility index (Phi) is 7.11. The fraction of sp³-hybridized carbons (Fsp3) is 0.300. The van der Waals surface area contributed by atoms with Gasteiger partial charge in [0.1, 0.15) is 5.75 Å². The molecule has 0 aliphatic heterocycles. The second-order valence-electron chi connectivity index (χ2n) is 6.04. The highest BCUT2D eigenvalue weighted by atomic mass is 35.5. The van der Waals surface area contributed by atoms with Crippen LogP contribution >= 0.6 is 23.2 Å². The lowest BCUT2D eigenvalue weighted by molar-refractivity contribution is -0.122. The minimum absolute atomic E-state index is 0.198. The number of esters is 1. The van der Waals surface area contributed by atoms with E-state index >= 15 is 0 Å². The molecule has 0 saturated carbocycles. The van der Waals surface area contributed by atoms with Crippen molar-refractivity contribution in [2.75, 3.05) is 11.9 Å². The summed E-state index contributed by atoms with van der Waals surface area (Å²) in [5.41, 5.74) is 2.45. The number of amides is 1. The van der Waals surface area contributed by atoms with E-state index in [1.54, 1.807) is 32.0 Å². The maximum absolute atomic E-state index is 12.4. The van der Waals surface area contributed by atoms with E-state index in [1.807, 2.05) is 13.8 Å². The maximum atomic E-state index is 12.4. The average molecular weight is 410 g/mol. The molecular weight excluding hydrogens is 389 g/mol. The highest BCUT2D eigenvalue weighted by Gasteiger charge is 2.17. The second-order valence-corrected chi connectivity index (χ2v) is 6.82. The first-order valence-corrected chi connectivity index (χ1v) is 9.19. The van der Waals surface area contributed by atoms with E-state index in [0.717, 1.165) is 11.1 Å². The lowest BCUT2D eigenvalue weighted by atomic mass is 10.1. The summed E-state index contributed by atoms with van der Waals surface area (Å²) in [5.74, 6) is -0.293. The molecule has 0 aliphatic rings. The molecular formula is C20H21Cl2NO4. The summed E-state index contributed by atoms with van der Waals surface area (Å²) >= 11 is 12.3. The fourth-order valence-electron chi connectivity index (χ4n) is 2.44. The van der Waals surface area contributed by atoms with E-state index in [9.17, 15) is 9.59 Å². The molecule has 1 amide bonds. The fourth-order valence-corrected chi connectivity index (χ4v) is 2.81. The largest absolute Gasteiger partial charge is 0.481 e. The molecule has 0 spiro atoms. The van der Waals surface area contributed by atoms with Gasteiger partial charge in [0.15, 0.2) is 6.10 Å². The zero-order valence-corrected chi connectivity index (χ0v) is 17.1. The molecule has 0 aromatic heterocycles. The molecule has 2 rings (SSSR count). The van der Waals surface area contributed by atoms with Crippen molar-refractivity contribution >= 4 is 40.8 Å². The first kappa shape index (κ1) is 21.1. The molecule has 2 aromatic carbocycles. The standard InChI is InChI=1S/C20H21Cl2NO4/c1-5-26-20(25)16-7-6-14(10-17(16)21)23-19(24)13(4)27-15-8-11(2)18(22)12(3)9-15/h6-10,13H,5H2,1-4H3,(H,23,24)/t13-/m1/s1. The Morgan fingerprint density at radius 2 is 1.74 bits per heavy atom. The Hall–Kier alpha value is -2.24. The molecule has 1 N–H and O–H groups in total.